The molecular weight excluding hydrogens is 333 g/mol. The van der Waals surface area contributed by atoms with Crippen molar-refractivity contribution in [2.75, 3.05) is 13.1 Å². The Morgan fingerprint density at radius 1 is 1.27 bits per heavy atom. The average Bonchev–Trinajstić information content (AvgIpc) is 3.20. The van der Waals surface area contributed by atoms with E-state index in [1.807, 2.05) is 11.0 Å². The van der Waals surface area contributed by atoms with Gasteiger partial charge in [-0.25, -0.2) is 19.3 Å². The summed E-state index contributed by atoms with van der Waals surface area (Å²) in [6, 6.07) is 4.82. The van der Waals surface area contributed by atoms with Crippen molar-refractivity contribution < 1.29 is 9.18 Å². The first-order valence-electron chi connectivity index (χ1n) is 8.89. The number of carbonyl (C=O) groups excluding carboxylic acids is 1. The van der Waals surface area contributed by atoms with Crippen LogP contribution in [-0.4, -0.2) is 43.2 Å². The standard InChI is InChI=1S/C19H20FN5O/c1-2-8-24-9-6-13(19(24)26)10-15-5-7-21-18(23-15)16-11-22-17-4-3-14(20)12-25(16)17/h3-5,7,11-13H,2,6,8-10H2,1H3/t13-/m0/s1. The summed E-state index contributed by atoms with van der Waals surface area (Å²) in [4.78, 5) is 27.6. The molecule has 0 bridgehead atoms. The van der Waals surface area contributed by atoms with Crippen LogP contribution >= 0.6 is 0 Å². The zero-order valence-electron chi connectivity index (χ0n) is 14.6. The van der Waals surface area contributed by atoms with Crippen molar-refractivity contribution in [3.8, 4) is 11.5 Å². The smallest absolute Gasteiger partial charge is 0.226 e. The first-order valence-corrected chi connectivity index (χ1v) is 8.89. The van der Waals surface area contributed by atoms with E-state index in [1.165, 1.54) is 12.3 Å². The van der Waals surface area contributed by atoms with E-state index in [9.17, 15) is 9.18 Å². The first-order chi connectivity index (χ1) is 12.7. The lowest BCUT2D eigenvalue weighted by atomic mass is 10.0. The molecule has 4 rings (SSSR count). The number of rotatable bonds is 5. The van der Waals surface area contributed by atoms with Gasteiger partial charge in [-0.2, -0.15) is 0 Å². The molecular formula is C19H20FN5O. The van der Waals surface area contributed by atoms with E-state index in [2.05, 4.69) is 21.9 Å². The normalized spacial score (nSPS) is 17.4. The molecule has 1 saturated heterocycles. The molecule has 1 amide bonds. The number of imidazole rings is 1. The van der Waals surface area contributed by atoms with Gasteiger partial charge in [-0.05, 0) is 31.0 Å². The Hall–Kier alpha value is -2.83. The molecule has 3 aromatic heterocycles. The fourth-order valence-corrected chi connectivity index (χ4v) is 3.49. The summed E-state index contributed by atoms with van der Waals surface area (Å²) in [6.45, 7) is 3.72. The van der Waals surface area contributed by atoms with Gasteiger partial charge in [0.15, 0.2) is 5.82 Å². The van der Waals surface area contributed by atoms with E-state index >= 15 is 0 Å². The number of nitrogens with zero attached hydrogens (tertiary/aromatic N) is 5. The lowest BCUT2D eigenvalue weighted by molar-refractivity contribution is -0.131. The van der Waals surface area contributed by atoms with Gasteiger partial charge in [0.2, 0.25) is 5.91 Å². The van der Waals surface area contributed by atoms with Gasteiger partial charge in [0.1, 0.15) is 17.2 Å². The molecule has 1 aliphatic heterocycles. The Morgan fingerprint density at radius 2 is 2.15 bits per heavy atom. The van der Waals surface area contributed by atoms with Crippen molar-refractivity contribution in [3.05, 3.63) is 48.3 Å². The quantitative estimate of drug-likeness (QED) is 0.707. The average molecular weight is 353 g/mol. The van der Waals surface area contributed by atoms with Crippen LogP contribution in [0.15, 0.2) is 36.8 Å². The molecule has 6 nitrogen and oxygen atoms in total. The summed E-state index contributed by atoms with van der Waals surface area (Å²) in [7, 11) is 0. The van der Waals surface area contributed by atoms with Crippen molar-refractivity contribution >= 4 is 11.6 Å². The Kier molecular flexibility index (Phi) is 4.36. The molecule has 0 unspecified atom stereocenters. The first kappa shape index (κ1) is 16.6. The number of fused-ring (bicyclic) bond motifs is 1. The Balaban J connectivity index is 1.59. The molecule has 1 atom stereocenters. The minimum absolute atomic E-state index is 0.0241. The van der Waals surface area contributed by atoms with Crippen LogP contribution in [0.25, 0.3) is 17.2 Å². The SMILES string of the molecule is CCCN1CC[C@@H](Cc2ccnc(-c3cnc4ccc(F)cn34)n2)C1=O. The van der Waals surface area contributed by atoms with Crippen molar-refractivity contribution in [1.29, 1.82) is 0 Å². The number of carbonyl (C=O) groups is 1. The lowest BCUT2D eigenvalue weighted by Gasteiger charge is -2.15. The maximum Gasteiger partial charge on any atom is 0.226 e. The lowest BCUT2D eigenvalue weighted by Crippen LogP contribution is -2.28. The largest absolute Gasteiger partial charge is 0.342 e. The molecule has 26 heavy (non-hydrogen) atoms. The maximum atomic E-state index is 13.6. The summed E-state index contributed by atoms with van der Waals surface area (Å²) in [6.07, 6.45) is 7.12. The minimum atomic E-state index is -0.347. The fraction of sp³-hybridized carbons (Fsp3) is 0.368. The van der Waals surface area contributed by atoms with Crippen LogP contribution in [0.3, 0.4) is 0 Å². The van der Waals surface area contributed by atoms with Crippen molar-refractivity contribution in [1.82, 2.24) is 24.3 Å². The van der Waals surface area contributed by atoms with Crippen LogP contribution in [-0.2, 0) is 11.2 Å². The predicted octanol–water partition coefficient (Wildman–Crippen LogP) is 2.73. The predicted molar refractivity (Wildman–Crippen MR) is 94.9 cm³/mol. The number of amides is 1. The minimum Gasteiger partial charge on any atom is -0.342 e. The topological polar surface area (TPSA) is 63.4 Å². The molecule has 0 saturated carbocycles. The third-order valence-corrected chi connectivity index (χ3v) is 4.77. The molecule has 134 valence electrons. The molecule has 0 aromatic carbocycles. The number of likely N-dealkylation sites (tertiary alicyclic amines) is 1. The zero-order chi connectivity index (χ0) is 18.1. The number of hydrogen-bond acceptors (Lipinski definition) is 4. The van der Waals surface area contributed by atoms with Crippen LogP contribution in [0, 0.1) is 11.7 Å². The zero-order valence-corrected chi connectivity index (χ0v) is 14.6. The number of pyridine rings is 1. The Labute approximate surface area is 150 Å². The molecule has 4 heterocycles. The summed E-state index contributed by atoms with van der Waals surface area (Å²) < 4.78 is 15.2. The van der Waals surface area contributed by atoms with Crippen molar-refractivity contribution in [2.45, 2.75) is 26.2 Å². The number of hydrogen-bond donors (Lipinski definition) is 0. The molecule has 1 fully saturated rings. The van der Waals surface area contributed by atoms with E-state index < -0.39 is 0 Å². The molecule has 0 radical (unpaired) electrons. The highest BCUT2D eigenvalue weighted by Crippen LogP contribution is 2.23. The summed E-state index contributed by atoms with van der Waals surface area (Å²) in [5.74, 6) is 0.324. The van der Waals surface area contributed by atoms with Crippen LogP contribution < -0.4 is 0 Å². The highest BCUT2D eigenvalue weighted by atomic mass is 19.1. The molecule has 0 N–H and O–H groups in total. The Morgan fingerprint density at radius 3 is 3.00 bits per heavy atom. The molecule has 0 spiro atoms. The second-order valence-corrected chi connectivity index (χ2v) is 6.61. The highest BCUT2D eigenvalue weighted by Gasteiger charge is 2.31. The van der Waals surface area contributed by atoms with Gasteiger partial charge in [0, 0.05) is 43.5 Å². The Bertz CT molecular complexity index is 954. The van der Waals surface area contributed by atoms with E-state index in [-0.39, 0.29) is 17.6 Å². The van der Waals surface area contributed by atoms with Crippen LogP contribution in [0.2, 0.25) is 0 Å². The van der Waals surface area contributed by atoms with E-state index in [1.54, 1.807) is 22.9 Å². The van der Waals surface area contributed by atoms with Crippen LogP contribution in [0.5, 0.6) is 0 Å². The van der Waals surface area contributed by atoms with Gasteiger partial charge >= 0.3 is 0 Å². The monoisotopic (exact) mass is 353 g/mol. The van der Waals surface area contributed by atoms with Gasteiger partial charge < -0.3 is 4.90 Å². The summed E-state index contributed by atoms with van der Waals surface area (Å²) >= 11 is 0. The van der Waals surface area contributed by atoms with Crippen LogP contribution in [0.4, 0.5) is 4.39 Å². The molecule has 3 aromatic rings. The molecule has 1 aliphatic rings. The second kappa shape index (κ2) is 6.82. The number of aromatic nitrogens is 4. The van der Waals surface area contributed by atoms with Gasteiger partial charge in [-0.1, -0.05) is 6.92 Å². The van der Waals surface area contributed by atoms with Crippen molar-refractivity contribution in [2.24, 2.45) is 5.92 Å². The van der Waals surface area contributed by atoms with Gasteiger partial charge in [0.25, 0.3) is 0 Å². The van der Waals surface area contributed by atoms with Gasteiger partial charge in [0.05, 0.1) is 6.20 Å². The third kappa shape index (κ3) is 3.05. The summed E-state index contributed by atoms with van der Waals surface area (Å²) in [5, 5.41) is 0. The maximum absolute atomic E-state index is 13.6. The summed E-state index contributed by atoms with van der Waals surface area (Å²) in [5.41, 5.74) is 2.08. The van der Waals surface area contributed by atoms with E-state index in [0.29, 0.717) is 23.6 Å². The molecule has 7 heteroatoms. The third-order valence-electron chi connectivity index (χ3n) is 4.77. The molecule has 0 aliphatic carbocycles. The highest BCUT2D eigenvalue weighted by molar-refractivity contribution is 5.81. The number of halogens is 1. The van der Waals surface area contributed by atoms with E-state index in [4.69, 9.17) is 0 Å². The van der Waals surface area contributed by atoms with Gasteiger partial charge in [-0.15, -0.1) is 0 Å². The van der Waals surface area contributed by atoms with Crippen LogP contribution in [0.1, 0.15) is 25.5 Å². The van der Waals surface area contributed by atoms with Gasteiger partial charge in [-0.3, -0.25) is 9.20 Å². The fourth-order valence-electron chi connectivity index (χ4n) is 3.49. The van der Waals surface area contributed by atoms with Crippen molar-refractivity contribution in [3.63, 3.8) is 0 Å². The van der Waals surface area contributed by atoms with E-state index in [0.717, 1.165) is 31.6 Å². The second-order valence-electron chi connectivity index (χ2n) is 6.61.